The van der Waals surface area contributed by atoms with Crippen LogP contribution in [0.4, 0.5) is 31.9 Å². The van der Waals surface area contributed by atoms with E-state index in [1.807, 2.05) is 0 Å². The van der Waals surface area contributed by atoms with E-state index in [9.17, 15) is 14.0 Å². The van der Waals surface area contributed by atoms with Crippen molar-refractivity contribution in [2.45, 2.75) is 0 Å². The van der Waals surface area contributed by atoms with Crippen LogP contribution in [0.5, 0.6) is 0 Å². The Morgan fingerprint density at radius 1 is 0.857 bits per heavy atom. The first-order valence-electron chi connectivity index (χ1n) is 8.42. The monoisotopic (exact) mass is 379 g/mol. The molecule has 0 aliphatic heterocycles. The van der Waals surface area contributed by atoms with Crippen molar-refractivity contribution in [3.8, 4) is 0 Å². The van der Waals surface area contributed by atoms with E-state index in [4.69, 9.17) is 0 Å². The molecule has 1 aromatic heterocycles. The van der Waals surface area contributed by atoms with Crippen molar-refractivity contribution in [3.05, 3.63) is 78.4 Å². The van der Waals surface area contributed by atoms with Crippen molar-refractivity contribution in [1.29, 1.82) is 0 Å². The van der Waals surface area contributed by atoms with Crippen molar-refractivity contribution in [1.82, 2.24) is 10.3 Å². The van der Waals surface area contributed by atoms with Gasteiger partial charge >= 0.3 is 6.03 Å². The Bertz CT molecular complexity index is 992. The molecule has 28 heavy (non-hydrogen) atoms. The Hall–Kier alpha value is -3.94. The standard InChI is InChI=1S/C20H18FN5O2/c1-22-19(27)18-12-17(9-10-23-18)24-14-5-7-15(8-6-14)25-20(28)26-16-4-2-3-13(21)11-16/h2-12H,1H3,(H,22,27)(H,23,24)(H2,25,26,28). The predicted molar refractivity (Wildman–Crippen MR) is 106 cm³/mol. The summed E-state index contributed by atoms with van der Waals surface area (Å²) >= 11 is 0. The second-order valence-corrected chi connectivity index (χ2v) is 5.80. The molecule has 0 radical (unpaired) electrons. The van der Waals surface area contributed by atoms with E-state index in [1.165, 1.54) is 18.2 Å². The number of halogens is 1. The third-order valence-corrected chi connectivity index (χ3v) is 3.73. The third-order valence-electron chi connectivity index (χ3n) is 3.73. The van der Waals surface area contributed by atoms with Gasteiger partial charge in [0, 0.05) is 36.0 Å². The van der Waals surface area contributed by atoms with Crippen LogP contribution in [-0.4, -0.2) is 24.0 Å². The van der Waals surface area contributed by atoms with Crippen molar-refractivity contribution >= 4 is 34.7 Å². The maximum Gasteiger partial charge on any atom is 0.323 e. The average molecular weight is 379 g/mol. The quantitative estimate of drug-likeness (QED) is 0.539. The molecule has 0 spiro atoms. The lowest BCUT2D eigenvalue weighted by Gasteiger charge is -2.10. The van der Waals surface area contributed by atoms with Gasteiger partial charge < -0.3 is 21.3 Å². The van der Waals surface area contributed by atoms with Gasteiger partial charge in [0.2, 0.25) is 0 Å². The van der Waals surface area contributed by atoms with Gasteiger partial charge in [-0.25, -0.2) is 9.18 Å². The Morgan fingerprint density at radius 2 is 1.57 bits per heavy atom. The van der Waals surface area contributed by atoms with Gasteiger partial charge in [0.15, 0.2) is 0 Å². The molecule has 0 fully saturated rings. The van der Waals surface area contributed by atoms with E-state index in [2.05, 4.69) is 26.3 Å². The second-order valence-electron chi connectivity index (χ2n) is 5.80. The van der Waals surface area contributed by atoms with Gasteiger partial charge in [0.05, 0.1) is 0 Å². The van der Waals surface area contributed by atoms with Crippen LogP contribution in [-0.2, 0) is 0 Å². The number of hydrogen-bond donors (Lipinski definition) is 4. The molecule has 0 bridgehead atoms. The summed E-state index contributed by atoms with van der Waals surface area (Å²) in [6.07, 6.45) is 1.54. The smallest absolute Gasteiger partial charge is 0.323 e. The fourth-order valence-electron chi connectivity index (χ4n) is 2.42. The summed E-state index contributed by atoms with van der Waals surface area (Å²) in [5.74, 6) is -0.698. The van der Waals surface area contributed by atoms with Crippen molar-refractivity contribution < 1.29 is 14.0 Å². The highest BCUT2D eigenvalue weighted by molar-refractivity contribution is 5.99. The molecule has 3 aromatic rings. The summed E-state index contributed by atoms with van der Waals surface area (Å²) in [7, 11) is 1.54. The van der Waals surface area contributed by atoms with E-state index >= 15 is 0 Å². The van der Waals surface area contributed by atoms with Crippen molar-refractivity contribution in [3.63, 3.8) is 0 Å². The van der Waals surface area contributed by atoms with E-state index in [0.29, 0.717) is 22.8 Å². The van der Waals surface area contributed by atoms with Crippen LogP contribution in [0.25, 0.3) is 0 Å². The number of nitrogens with one attached hydrogen (secondary N) is 4. The molecule has 3 rings (SSSR count). The first kappa shape index (κ1) is 18.8. The molecule has 0 unspecified atom stereocenters. The lowest BCUT2D eigenvalue weighted by Crippen LogP contribution is -2.19. The van der Waals surface area contributed by atoms with Crippen molar-refractivity contribution in [2.75, 3.05) is 23.0 Å². The number of anilines is 4. The summed E-state index contributed by atoms with van der Waals surface area (Å²) < 4.78 is 13.2. The summed E-state index contributed by atoms with van der Waals surface area (Å²) in [6.45, 7) is 0. The largest absolute Gasteiger partial charge is 0.355 e. The van der Waals surface area contributed by atoms with Gasteiger partial charge in [-0.2, -0.15) is 0 Å². The van der Waals surface area contributed by atoms with Crippen LogP contribution >= 0.6 is 0 Å². The van der Waals surface area contributed by atoms with Gasteiger partial charge in [-0.1, -0.05) is 6.07 Å². The second kappa shape index (κ2) is 8.63. The SMILES string of the molecule is CNC(=O)c1cc(Nc2ccc(NC(=O)Nc3cccc(F)c3)cc2)ccn1. The number of pyridine rings is 1. The number of benzene rings is 2. The average Bonchev–Trinajstić information content (AvgIpc) is 2.69. The number of carbonyl (C=O) groups is 2. The molecule has 8 heteroatoms. The summed E-state index contributed by atoms with van der Waals surface area (Å²) in [4.78, 5) is 27.6. The van der Waals surface area contributed by atoms with Crippen LogP contribution in [0.3, 0.4) is 0 Å². The van der Waals surface area contributed by atoms with E-state index in [0.717, 1.165) is 5.69 Å². The molecule has 0 saturated carbocycles. The zero-order valence-electron chi connectivity index (χ0n) is 15.0. The molecule has 0 aliphatic carbocycles. The molecule has 3 amide bonds. The highest BCUT2D eigenvalue weighted by Crippen LogP contribution is 2.19. The minimum Gasteiger partial charge on any atom is -0.355 e. The first-order chi connectivity index (χ1) is 13.5. The molecule has 2 aromatic carbocycles. The molecular weight excluding hydrogens is 361 g/mol. The molecule has 0 aliphatic rings. The first-order valence-corrected chi connectivity index (χ1v) is 8.42. The number of carbonyl (C=O) groups excluding carboxylic acids is 2. The number of hydrogen-bond acceptors (Lipinski definition) is 4. The van der Waals surface area contributed by atoms with Gasteiger partial charge in [-0.3, -0.25) is 9.78 Å². The maximum absolute atomic E-state index is 13.2. The molecule has 0 saturated heterocycles. The molecule has 0 atom stereocenters. The van der Waals surface area contributed by atoms with Gasteiger partial charge in [0.25, 0.3) is 5.91 Å². The van der Waals surface area contributed by atoms with Gasteiger partial charge in [0.1, 0.15) is 11.5 Å². The molecule has 1 heterocycles. The summed E-state index contributed by atoms with van der Waals surface area (Å²) in [5, 5.41) is 10.9. The third kappa shape index (κ3) is 5.04. The molecule has 7 nitrogen and oxygen atoms in total. The van der Waals surface area contributed by atoms with Crippen LogP contribution in [0, 0.1) is 5.82 Å². The highest BCUT2D eigenvalue weighted by atomic mass is 19.1. The molecule has 142 valence electrons. The number of nitrogens with zero attached hydrogens (tertiary/aromatic N) is 1. The maximum atomic E-state index is 13.2. The van der Waals surface area contributed by atoms with E-state index < -0.39 is 11.8 Å². The van der Waals surface area contributed by atoms with Crippen LogP contribution < -0.4 is 21.3 Å². The normalized spacial score (nSPS) is 10.1. The fraction of sp³-hybridized carbons (Fsp3) is 0.0500. The summed E-state index contributed by atoms with van der Waals surface area (Å²) in [6, 6.07) is 15.5. The fourth-order valence-corrected chi connectivity index (χ4v) is 2.42. The lowest BCUT2D eigenvalue weighted by molar-refractivity contribution is 0.0958. The predicted octanol–water partition coefficient (Wildman–Crippen LogP) is 3.97. The van der Waals surface area contributed by atoms with E-state index in [1.54, 1.807) is 55.7 Å². The van der Waals surface area contributed by atoms with Crippen LogP contribution in [0.2, 0.25) is 0 Å². The Balaban J connectivity index is 1.60. The number of urea groups is 1. The minimum absolute atomic E-state index is 0.271. The number of amides is 3. The van der Waals surface area contributed by atoms with Crippen molar-refractivity contribution in [2.24, 2.45) is 0 Å². The topological polar surface area (TPSA) is 95.2 Å². The zero-order valence-corrected chi connectivity index (χ0v) is 15.0. The highest BCUT2D eigenvalue weighted by Gasteiger charge is 2.06. The van der Waals surface area contributed by atoms with Crippen LogP contribution in [0.1, 0.15) is 10.5 Å². The number of aromatic nitrogens is 1. The Labute approximate surface area is 161 Å². The van der Waals surface area contributed by atoms with Gasteiger partial charge in [-0.15, -0.1) is 0 Å². The number of rotatable bonds is 5. The Kier molecular flexibility index (Phi) is 5.81. The van der Waals surface area contributed by atoms with Gasteiger partial charge in [-0.05, 0) is 54.6 Å². The minimum atomic E-state index is -0.476. The lowest BCUT2D eigenvalue weighted by atomic mass is 10.2. The van der Waals surface area contributed by atoms with E-state index in [-0.39, 0.29) is 5.91 Å². The molecule has 4 N–H and O–H groups in total. The molecular formula is C20H18FN5O2. The Morgan fingerprint density at radius 3 is 2.29 bits per heavy atom. The van der Waals surface area contributed by atoms with Crippen LogP contribution in [0.15, 0.2) is 66.9 Å². The summed E-state index contributed by atoms with van der Waals surface area (Å²) in [5.41, 5.74) is 2.71. The zero-order chi connectivity index (χ0) is 19.9.